The Bertz CT molecular complexity index is 487. The Hall–Kier alpha value is -1.20. The number of thioether (sulfide) groups is 1. The first-order valence-corrected chi connectivity index (χ1v) is 7.53. The van der Waals surface area contributed by atoms with Gasteiger partial charge in [0.1, 0.15) is 6.04 Å². The van der Waals surface area contributed by atoms with Gasteiger partial charge in [-0.2, -0.15) is 11.8 Å². The number of benzene rings is 1. The third-order valence-corrected chi connectivity index (χ3v) is 4.00. The monoisotopic (exact) mass is 298 g/mol. The first-order chi connectivity index (χ1) is 9.04. The van der Waals surface area contributed by atoms with E-state index in [1.807, 2.05) is 19.1 Å². The Labute approximate surface area is 121 Å². The molecule has 0 radical (unpaired) electrons. The van der Waals surface area contributed by atoms with Crippen LogP contribution in [0.25, 0.3) is 0 Å². The summed E-state index contributed by atoms with van der Waals surface area (Å²) in [4.78, 5) is 23.5. The lowest BCUT2D eigenvalue weighted by molar-refractivity contribution is -0.125. The zero-order valence-electron chi connectivity index (χ0n) is 10.5. The first kappa shape index (κ1) is 14.2. The number of carbonyl (C=O) groups excluding carboxylic acids is 2. The number of rotatable bonds is 2. The third kappa shape index (κ3) is 4.14. The van der Waals surface area contributed by atoms with Gasteiger partial charge in [0.2, 0.25) is 11.8 Å². The molecular formula is C13H15ClN2O2S. The molecule has 0 aromatic heterocycles. The van der Waals surface area contributed by atoms with Gasteiger partial charge in [-0.15, -0.1) is 0 Å². The van der Waals surface area contributed by atoms with Crippen LogP contribution >= 0.6 is 23.4 Å². The number of amides is 2. The van der Waals surface area contributed by atoms with Crippen LogP contribution in [0.15, 0.2) is 18.2 Å². The molecule has 2 rings (SSSR count). The van der Waals surface area contributed by atoms with Crippen molar-refractivity contribution in [2.24, 2.45) is 0 Å². The van der Waals surface area contributed by atoms with E-state index in [0.717, 1.165) is 11.3 Å². The molecule has 19 heavy (non-hydrogen) atoms. The molecule has 1 aromatic rings. The van der Waals surface area contributed by atoms with Crippen LogP contribution < -0.4 is 10.6 Å². The average Bonchev–Trinajstić information content (AvgIpc) is 2.52. The van der Waals surface area contributed by atoms with Crippen LogP contribution in [-0.4, -0.2) is 29.4 Å². The van der Waals surface area contributed by atoms with Gasteiger partial charge in [-0.1, -0.05) is 11.6 Å². The van der Waals surface area contributed by atoms with Crippen molar-refractivity contribution >= 4 is 40.9 Å². The number of carbonyl (C=O) groups is 2. The van der Waals surface area contributed by atoms with Gasteiger partial charge in [0.25, 0.3) is 0 Å². The maximum Gasteiger partial charge on any atom is 0.247 e. The van der Waals surface area contributed by atoms with Gasteiger partial charge in [-0.05, 0) is 30.7 Å². The number of halogens is 1. The van der Waals surface area contributed by atoms with E-state index in [9.17, 15) is 9.59 Å². The van der Waals surface area contributed by atoms with Gasteiger partial charge in [0, 0.05) is 28.6 Å². The summed E-state index contributed by atoms with van der Waals surface area (Å²) >= 11 is 7.55. The molecule has 0 saturated carbocycles. The molecule has 0 unspecified atom stereocenters. The van der Waals surface area contributed by atoms with Crippen molar-refractivity contribution < 1.29 is 9.59 Å². The fourth-order valence-electron chi connectivity index (χ4n) is 1.85. The molecule has 102 valence electrons. The highest BCUT2D eigenvalue weighted by Crippen LogP contribution is 2.19. The van der Waals surface area contributed by atoms with E-state index < -0.39 is 6.04 Å². The highest BCUT2D eigenvalue weighted by molar-refractivity contribution is 7.99. The second kappa shape index (κ2) is 6.30. The minimum atomic E-state index is -0.487. The Kier molecular flexibility index (Phi) is 4.71. The Morgan fingerprint density at radius 2 is 2.26 bits per heavy atom. The van der Waals surface area contributed by atoms with Crippen molar-refractivity contribution in [3.63, 3.8) is 0 Å². The standard InChI is InChI=1S/C13H15ClN2O2S/c1-8-4-9(14)6-10(5-8)15-13(18)11-7-19-3-2-12(17)16-11/h4-6,11H,2-3,7H2,1H3,(H,15,18)(H,16,17)/t11-/m0/s1. The Morgan fingerprint density at radius 3 is 3.00 bits per heavy atom. The fourth-order valence-corrected chi connectivity index (χ4v) is 3.11. The highest BCUT2D eigenvalue weighted by Gasteiger charge is 2.23. The lowest BCUT2D eigenvalue weighted by Crippen LogP contribution is -2.44. The van der Waals surface area contributed by atoms with Crippen molar-refractivity contribution in [1.29, 1.82) is 0 Å². The summed E-state index contributed by atoms with van der Waals surface area (Å²) in [6.45, 7) is 1.91. The van der Waals surface area contributed by atoms with Gasteiger partial charge in [-0.3, -0.25) is 9.59 Å². The Morgan fingerprint density at radius 1 is 1.47 bits per heavy atom. The predicted octanol–water partition coefficient (Wildman–Crippen LogP) is 2.21. The normalized spacial score (nSPS) is 19.5. The third-order valence-electron chi connectivity index (χ3n) is 2.72. The summed E-state index contributed by atoms with van der Waals surface area (Å²) < 4.78 is 0. The van der Waals surface area contributed by atoms with E-state index in [4.69, 9.17) is 11.6 Å². The molecule has 0 aliphatic carbocycles. The molecule has 6 heteroatoms. The summed E-state index contributed by atoms with van der Waals surface area (Å²) in [6.07, 6.45) is 0.463. The molecule has 2 amide bonds. The van der Waals surface area contributed by atoms with Crippen LogP contribution in [0.5, 0.6) is 0 Å². The molecule has 1 saturated heterocycles. The number of hydrogen-bond acceptors (Lipinski definition) is 3. The van der Waals surface area contributed by atoms with Crippen molar-refractivity contribution in [2.45, 2.75) is 19.4 Å². The fraction of sp³-hybridized carbons (Fsp3) is 0.385. The average molecular weight is 299 g/mol. The number of hydrogen-bond donors (Lipinski definition) is 2. The van der Waals surface area contributed by atoms with Crippen LogP contribution in [0.1, 0.15) is 12.0 Å². The van der Waals surface area contributed by atoms with Gasteiger partial charge >= 0.3 is 0 Å². The van der Waals surface area contributed by atoms with Gasteiger partial charge in [0.15, 0.2) is 0 Å². The summed E-state index contributed by atoms with van der Waals surface area (Å²) in [7, 11) is 0. The first-order valence-electron chi connectivity index (χ1n) is 6.00. The van der Waals surface area contributed by atoms with Crippen LogP contribution in [-0.2, 0) is 9.59 Å². The van der Waals surface area contributed by atoms with E-state index in [0.29, 0.717) is 22.9 Å². The minimum absolute atomic E-state index is 0.0765. The minimum Gasteiger partial charge on any atom is -0.343 e. The maximum absolute atomic E-state index is 12.1. The van der Waals surface area contributed by atoms with E-state index in [2.05, 4.69) is 10.6 Å². The zero-order chi connectivity index (χ0) is 13.8. The Balaban J connectivity index is 2.05. The second-order valence-electron chi connectivity index (χ2n) is 4.45. The molecule has 0 bridgehead atoms. The summed E-state index contributed by atoms with van der Waals surface area (Å²) in [5, 5.41) is 6.09. The quantitative estimate of drug-likeness (QED) is 0.880. The summed E-state index contributed by atoms with van der Waals surface area (Å²) in [5.74, 6) is 1.07. The van der Waals surface area contributed by atoms with Gasteiger partial charge in [-0.25, -0.2) is 0 Å². The lowest BCUT2D eigenvalue weighted by Gasteiger charge is -2.15. The van der Waals surface area contributed by atoms with E-state index in [1.165, 1.54) is 0 Å². The van der Waals surface area contributed by atoms with Crippen molar-refractivity contribution in [2.75, 3.05) is 16.8 Å². The number of anilines is 1. The van der Waals surface area contributed by atoms with Crippen molar-refractivity contribution in [3.8, 4) is 0 Å². The molecule has 0 spiro atoms. The van der Waals surface area contributed by atoms with Gasteiger partial charge < -0.3 is 10.6 Å². The molecule has 1 fully saturated rings. The smallest absolute Gasteiger partial charge is 0.247 e. The highest BCUT2D eigenvalue weighted by atomic mass is 35.5. The van der Waals surface area contributed by atoms with Crippen LogP contribution in [0.4, 0.5) is 5.69 Å². The molecule has 2 N–H and O–H groups in total. The van der Waals surface area contributed by atoms with E-state index in [-0.39, 0.29) is 11.8 Å². The largest absolute Gasteiger partial charge is 0.343 e. The van der Waals surface area contributed by atoms with E-state index in [1.54, 1.807) is 17.8 Å². The van der Waals surface area contributed by atoms with Crippen LogP contribution in [0, 0.1) is 6.92 Å². The molecule has 1 atom stereocenters. The van der Waals surface area contributed by atoms with Crippen LogP contribution in [0.3, 0.4) is 0 Å². The van der Waals surface area contributed by atoms with Crippen molar-refractivity contribution in [3.05, 3.63) is 28.8 Å². The molecule has 1 aliphatic heterocycles. The number of nitrogens with one attached hydrogen (secondary N) is 2. The van der Waals surface area contributed by atoms with Crippen molar-refractivity contribution in [1.82, 2.24) is 5.32 Å². The van der Waals surface area contributed by atoms with E-state index >= 15 is 0 Å². The topological polar surface area (TPSA) is 58.2 Å². The molecule has 1 aliphatic rings. The SMILES string of the molecule is Cc1cc(Cl)cc(NC(=O)[C@@H]2CSCCC(=O)N2)c1. The maximum atomic E-state index is 12.1. The second-order valence-corrected chi connectivity index (χ2v) is 6.04. The van der Waals surface area contributed by atoms with Crippen LogP contribution in [0.2, 0.25) is 5.02 Å². The summed E-state index contributed by atoms with van der Waals surface area (Å²) in [6, 6.07) is 4.87. The lowest BCUT2D eigenvalue weighted by atomic mass is 10.2. The number of aryl methyl sites for hydroxylation is 1. The molecular weight excluding hydrogens is 284 g/mol. The predicted molar refractivity (Wildman–Crippen MR) is 78.7 cm³/mol. The van der Waals surface area contributed by atoms with Gasteiger partial charge in [0.05, 0.1) is 0 Å². The molecule has 1 aromatic carbocycles. The molecule has 1 heterocycles. The molecule has 4 nitrogen and oxygen atoms in total. The summed E-state index contributed by atoms with van der Waals surface area (Å²) in [5.41, 5.74) is 1.63. The zero-order valence-corrected chi connectivity index (χ0v) is 12.1.